The van der Waals surface area contributed by atoms with Crippen LogP contribution in [0.3, 0.4) is 0 Å². The molecule has 1 amide bonds. The normalized spacial score (nSPS) is 10.2. The van der Waals surface area contributed by atoms with Gasteiger partial charge in [0.1, 0.15) is 5.56 Å². The molecule has 1 heterocycles. The molecule has 0 atom stereocenters. The molecule has 0 radical (unpaired) electrons. The number of nitro groups is 1. The second-order valence-corrected chi connectivity index (χ2v) is 4.24. The second-order valence-electron chi connectivity index (χ2n) is 4.24. The Labute approximate surface area is 114 Å². The number of nitrogen functional groups attached to an aromatic ring is 1. The number of nitro benzene ring substituents is 1. The van der Waals surface area contributed by atoms with Crippen LogP contribution in [0.5, 0.6) is 0 Å². The van der Waals surface area contributed by atoms with Crippen LogP contribution in [0.4, 0.5) is 11.4 Å². The van der Waals surface area contributed by atoms with E-state index in [0.29, 0.717) is 5.69 Å². The van der Waals surface area contributed by atoms with Crippen LogP contribution < -0.4 is 11.1 Å². The fourth-order valence-corrected chi connectivity index (χ4v) is 1.72. The van der Waals surface area contributed by atoms with Crippen molar-refractivity contribution in [1.82, 2.24) is 15.5 Å². The third-order valence-electron chi connectivity index (χ3n) is 2.84. The quantitative estimate of drug-likeness (QED) is 0.438. The van der Waals surface area contributed by atoms with Gasteiger partial charge in [0, 0.05) is 29.6 Å². The van der Waals surface area contributed by atoms with Crippen molar-refractivity contribution in [3.63, 3.8) is 0 Å². The van der Waals surface area contributed by atoms with Crippen LogP contribution in [0.2, 0.25) is 0 Å². The third-order valence-corrected chi connectivity index (χ3v) is 2.84. The van der Waals surface area contributed by atoms with E-state index in [0.717, 1.165) is 11.3 Å². The number of carbonyl (C=O) groups is 1. The molecule has 0 saturated heterocycles. The zero-order valence-electron chi connectivity index (χ0n) is 10.7. The number of aryl methyl sites for hydroxylation is 1. The van der Waals surface area contributed by atoms with Gasteiger partial charge in [0.05, 0.1) is 11.1 Å². The Kier molecular flexibility index (Phi) is 3.65. The number of nitrogens with one attached hydrogen (secondary N) is 2. The van der Waals surface area contributed by atoms with E-state index < -0.39 is 10.8 Å². The lowest BCUT2D eigenvalue weighted by molar-refractivity contribution is -0.385. The van der Waals surface area contributed by atoms with Gasteiger partial charge in [0.25, 0.3) is 11.6 Å². The summed E-state index contributed by atoms with van der Waals surface area (Å²) < 4.78 is 0. The number of rotatable bonds is 4. The molecule has 0 spiro atoms. The number of carbonyl (C=O) groups excluding carboxylic acids is 1. The van der Waals surface area contributed by atoms with E-state index in [-0.39, 0.29) is 17.8 Å². The third kappa shape index (κ3) is 2.74. The Morgan fingerprint density at radius 3 is 2.90 bits per heavy atom. The Morgan fingerprint density at radius 2 is 2.30 bits per heavy atom. The first-order valence-corrected chi connectivity index (χ1v) is 5.80. The van der Waals surface area contributed by atoms with Gasteiger partial charge < -0.3 is 11.1 Å². The molecule has 0 aliphatic heterocycles. The van der Waals surface area contributed by atoms with Crippen molar-refractivity contribution in [2.24, 2.45) is 0 Å². The lowest BCUT2D eigenvalue weighted by Crippen LogP contribution is -2.24. The van der Waals surface area contributed by atoms with Gasteiger partial charge in [0.15, 0.2) is 0 Å². The molecule has 0 saturated carbocycles. The molecule has 2 rings (SSSR count). The monoisotopic (exact) mass is 275 g/mol. The number of nitrogens with two attached hydrogens (primary N) is 1. The Morgan fingerprint density at radius 1 is 1.55 bits per heavy atom. The van der Waals surface area contributed by atoms with E-state index in [1.54, 1.807) is 6.20 Å². The van der Waals surface area contributed by atoms with E-state index in [1.807, 2.05) is 6.92 Å². The average Bonchev–Trinajstić information content (AvgIpc) is 2.81. The summed E-state index contributed by atoms with van der Waals surface area (Å²) in [6.07, 6.45) is 1.59. The summed E-state index contributed by atoms with van der Waals surface area (Å²) in [5.74, 6) is -0.551. The average molecular weight is 275 g/mol. The highest BCUT2D eigenvalue weighted by Gasteiger charge is 2.20. The topological polar surface area (TPSA) is 127 Å². The minimum Gasteiger partial charge on any atom is -0.399 e. The van der Waals surface area contributed by atoms with Crippen molar-refractivity contribution in [1.29, 1.82) is 0 Å². The van der Waals surface area contributed by atoms with E-state index >= 15 is 0 Å². The van der Waals surface area contributed by atoms with Crippen LogP contribution in [0.15, 0.2) is 24.4 Å². The van der Waals surface area contributed by atoms with Gasteiger partial charge in [0.2, 0.25) is 0 Å². The molecule has 0 aliphatic carbocycles. The van der Waals surface area contributed by atoms with Gasteiger partial charge in [-0.1, -0.05) is 0 Å². The van der Waals surface area contributed by atoms with E-state index in [4.69, 9.17) is 5.73 Å². The van der Waals surface area contributed by atoms with Crippen LogP contribution in [-0.4, -0.2) is 21.0 Å². The van der Waals surface area contributed by atoms with Crippen LogP contribution >= 0.6 is 0 Å². The van der Waals surface area contributed by atoms with E-state index in [2.05, 4.69) is 15.5 Å². The molecule has 8 nitrogen and oxygen atoms in total. The molecule has 0 fully saturated rings. The maximum atomic E-state index is 12.0. The van der Waals surface area contributed by atoms with Gasteiger partial charge in [-0.25, -0.2) is 0 Å². The second kappa shape index (κ2) is 5.39. The first-order chi connectivity index (χ1) is 9.49. The van der Waals surface area contributed by atoms with Gasteiger partial charge in [-0.3, -0.25) is 20.0 Å². The van der Waals surface area contributed by atoms with Crippen molar-refractivity contribution in [3.05, 3.63) is 51.3 Å². The van der Waals surface area contributed by atoms with Crippen molar-refractivity contribution in [2.45, 2.75) is 13.5 Å². The number of aromatic nitrogens is 2. The molecular weight excluding hydrogens is 262 g/mol. The predicted octanol–water partition coefficient (Wildman–Crippen LogP) is 1.14. The smallest absolute Gasteiger partial charge is 0.282 e. The maximum absolute atomic E-state index is 12.0. The molecule has 0 unspecified atom stereocenters. The highest BCUT2D eigenvalue weighted by molar-refractivity contribution is 5.99. The Balaban J connectivity index is 2.19. The molecule has 0 bridgehead atoms. The number of benzene rings is 1. The minimum absolute atomic E-state index is 0.0591. The Hall–Kier alpha value is -2.90. The summed E-state index contributed by atoms with van der Waals surface area (Å²) in [6, 6.07) is 3.89. The van der Waals surface area contributed by atoms with Gasteiger partial charge in [-0.2, -0.15) is 5.10 Å². The summed E-state index contributed by atoms with van der Waals surface area (Å²) in [6.45, 7) is 2.05. The highest BCUT2D eigenvalue weighted by Crippen LogP contribution is 2.21. The number of hydrogen-bond donors (Lipinski definition) is 3. The molecular formula is C12H13N5O3. The van der Waals surface area contributed by atoms with Crippen LogP contribution in [0, 0.1) is 17.0 Å². The summed E-state index contributed by atoms with van der Waals surface area (Å²) in [4.78, 5) is 22.3. The van der Waals surface area contributed by atoms with Gasteiger partial charge in [-0.15, -0.1) is 0 Å². The first kappa shape index (κ1) is 13.5. The molecule has 20 heavy (non-hydrogen) atoms. The molecule has 104 valence electrons. The lowest BCUT2D eigenvalue weighted by atomic mass is 10.1. The zero-order valence-corrected chi connectivity index (χ0v) is 10.7. The van der Waals surface area contributed by atoms with E-state index in [9.17, 15) is 14.9 Å². The lowest BCUT2D eigenvalue weighted by Gasteiger charge is -2.06. The van der Waals surface area contributed by atoms with Crippen molar-refractivity contribution < 1.29 is 9.72 Å². The van der Waals surface area contributed by atoms with Crippen LogP contribution in [-0.2, 0) is 6.54 Å². The molecule has 1 aromatic heterocycles. The summed E-state index contributed by atoms with van der Waals surface area (Å²) >= 11 is 0. The zero-order chi connectivity index (χ0) is 14.7. The number of nitrogens with zero attached hydrogens (tertiary/aromatic N) is 2. The predicted molar refractivity (Wildman–Crippen MR) is 72.0 cm³/mol. The number of H-pyrrole nitrogens is 1. The fraction of sp³-hybridized carbons (Fsp3) is 0.167. The SMILES string of the molecule is Cc1[nH]ncc1CNC(=O)c1cc(N)ccc1[N+](=O)[O-]. The van der Waals surface area contributed by atoms with Crippen molar-refractivity contribution in [2.75, 3.05) is 5.73 Å². The minimum atomic E-state index is -0.614. The fourth-order valence-electron chi connectivity index (χ4n) is 1.72. The molecule has 2 aromatic rings. The van der Waals surface area contributed by atoms with Crippen molar-refractivity contribution in [3.8, 4) is 0 Å². The Bertz CT molecular complexity index is 665. The number of anilines is 1. The summed E-state index contributed by atoms with van der Waals surface area (Å²) in [7, 11) is 0. The maximum Gasteiger partial charge on any atom is 0.282 e. The molecule has 4 N–H and O–H groups in total. The highest BCUT2D eigenvalue weighted by atomic mass is 16.6. The number of amides is 1. The first-order valence-electron chi connectivity index (χ1n) is 5.80. The molecule has 8 heteroatoms. The van der Waals surface area contributed by atoms with Gasteiger partial charge in [-0.05, 0) is 19.1 Å². The molecule has 0 aliphatic rings. The molecule has 1 aromatic carbocycles. The summed E-state index contributed by atoms with van der Waals surface area (Å²) in [5, 5.41) is 20.1. The summed E-state index contributed by atoms with van der Waals surface area (Å²) in [5.41, 5.74) is 7.15. The number of aromatic amines is 1. The van der Waals surface area contributed by atoms with E-state index in [1.165, 1.54) is 18.2 Å². The van der Waals surface area contributed by atoms with Crippen molar-refractivity contribution >= 4 is 17.3 Å². The van der Waals surface area contributed by atoms with Gasteiger partial charge >= 0.3 is 0 Å². The standard InChI is InChI=1S/C12H13N5O3/c1-7-8(6-15-16-7)5-14-12(18)10-4-9(13)2-3-11(10)17(19)20/h2-4,6H,5,13H2,1H3,(H,14,18)(H,15,16). The number of hydrogen-bond acceptors (Lipinski definition) is 5. The largest absolute Gasteiger partial charge is 0.399 e. The van der Waals surface area contributed by atoms with Crippen LogP contribution in [0.25, 0.3) is 0 Å². The van der Waals surface area contributed by atoms with Crippen LogP contribution in [0.1, 0.15) is 21.6 Å².